The van der Waals surface area contributed by atoms with Gasteiger partial charge in [-0.25, -0.2) is 0 Å². The minimum absolute atomic E-state index is 0.310. The van der Waals surface area contributed by atoms with E-state index in [1.54, 1.807) is 11.6 Å². The fourth-order valence-corrected chi connectivity index (χ4v) is 1.39. The highest BCUT2D eigenvalue weighted by Crippen LogP contribution is 2.06. The van der Waals surface area contributed by atoms with Gasteiger partial charge in [-0.3, -0.25) is 9.48 Å². The van der Waals surface area contributed by atoms with Crippen molar-refractivity contribution < 1.29 is 4.79 Å². The summed E-state index contributed by atoms with van der Waals surface area (Å²) in [7, 11) is 1.89. The molecule has 0 aliphatic rings. The van der Waals surface area contributed by atoms with Crippen LogP contribution < -0.4 is 11.1 Å². The van der Waals surface area contributed by atoms with Gasteiger partial charge in [-0.1, -0.05) is 6.92 Å². The van der Waals surface area contributed by atoms with Crippen molar-refractivity contribution >= 4 is 5.91 Å². The van der Waals surface area contributed by atoms with Gasteiger partial charge in [0.2, 0.25) is 5.91 Å². The van der Waals surface area contributed by atoms with Crippen molar-refractivity contribution in [3.05, 3.63) is 17.5 Å². The highest BCUT2D eigenvalue weighted by Gasteiger charge is 2.10. The molecule has 5 nitrogen and oxygen atoms in total. The normalized spacial score (nSPS) is 12.7. The molecule has 0 saturated heterocycles. The Labute approximate surface area is 89.6 Å². The molecule has 15 heavy (non-hydrogen) atoms. The first kappa shape index (κ1) is 11.7. The molecule has 1 amide bonds. The van der Waals surface area contributed by atoms with Crippen LogP contribution in [0.15, 0.2) is 6.20 Å². The Bertz CT molecular complexity index is 345. The van der Waals surface area contributed by atoms with Crippen LogP contribution in [0.1, 0.15) is 25.1 Å². The van der Waals surface area contributed by atoms with Crippen LogP contribution in [0.25, 0.3) is 0 Å². The summed E-state index contributed by atoms with van der Waals surface area (Å²) in [5.41, 5.74) is 7.33. The molecule has 0 fully saturated rings. The molecule has 1 aromatic heterocycles. The Hall–Kier alpha value is -1.36. The van der Waals surface area contributed by atoms with Gasteiger partial charge < -0.3 is 11.1 Å². The standard InChI is InChI=1S/C10H18N4O/c1-4-9-8(6-14(3)13-9)5-12-7(2)10(11)15/h6-7,12H,4-5H2,1-3H3,(H2,11,15)/t7-/m0/s1. The molecule has 1 atom stereocenters. The lowest BCUT2D eigenvalue weighted by molar-refractivity contribution is -0.119. The second kappa shape index (κ2) is 4.93. The molecule has 84 valence electrons. The van der Waals surface area contributed by atoms with Crippen LogP contribution in [0.3, 0.4) is 0 Å². The largest absolute Gasteiger partial charge is 0.368 e. The second-order valence-corrected chi connectivity index (χ2v) is 3.63. The van der Waals surface area contributed by atoms with Gasteiger partial charge in [-0.15, -0.1) is 0 Å². The quantitative estimate of drug-likeness (QED) is 0.715. The minimum atomic E-state index is -0.336. The number of carbonyl (C=O) groups is 1. The number of nitrogens with two attached hydrogens (primary N) is 1. The summed E-state index contributed by atoms with van der Waals surface area (Å²) in [6, 6.07) is -0.310. The van der Waals surface area contributed by atoms with E-state index in [-0.39, 0.29) is 11.9 Å². The molecule has 0 spiro atoms. The van der Waals surface area contributed by atoms with Gasteiger partial charge in [0.05, 0.1) is 11.7 Å². The lowest BCUT2D eigenvalue weighted by Crippen LogP contribution is -2.38. The predicted molar refractivity (Wildman–Crippen MR) is 58.1 cm³/mol. The summed E-state index contributed by atoms with van der Waals surface area (Å²) >= 11 is 0. The summed E-state index contributed by atoms with van der Waals surface area (Å²) < 4.78 is 1.78. The molecule has 0 aromatic carbocycles. The Morgan fingerprint density at radius 1 is 1.73 bits per heavy atom. The maximum absolute atomic E-state index is 10.8. The smallest absolute Gasteiger partial charge is 0.234 e. The van der Waals surface area contributed by atoms with E-state index in [2.05, 4.69) is 17.3 Å². The van der Waals surface area contributed by atoms with Crippen molar-refractivity contribution in [1.29, 1.82) is 0 Å². The van der Waals surface area contributed by atoms with E-state index in [0.29, 0.717) is 6.54 Å². The van der Waals surface area contributed by atoms with E-state index in [1.165, 1.54) is 0 Å². The highest BCUT2D eigenvalue weighted by molar-refractivity contribution is 5.79. The van der Waals surface area contributed by atoms with Gasteiger partial charge in [0.25, 0.3) is 0 Å². The molecule has 5 heteroatoms. The van der Waals surface area contributed by atoms with Crippen molar-refractivity contribution in [2.45, 2.75) is 32.9 Å². The summed E-state index contributed by atoms with van der Waals surface area (Å²) in [5, 5.41) is 7.37. The van der Waals surface area contributed by atoms with Crippen LogP contribution in [0.2, 0.25) is 0 Å². The topological polar surface area (TPSA) is 72.9 Å². The Kier molecular flexibility index (Phi) is 3.85. The minimum Gasteiger partial charge on any atom is -0.368 e. The number of aryl methyl sites for hydroxylation is 2. The van der Waals surface area contributed by atoms with Gasteiger partial charge in [-0.05, 0) is 13.3 Å². The van der Waals surface area contributed by atoms with Crippen molar-refractivity contribution in [1.82, 2.24) is 15.1 Å². The van der Waals surface area contributed by atoms with Gasteiger partial charge in [0.1, 0.15) is 0 Å². The third-order valence-electron chi connectivity index (χ3n) is 2.35. The number of nitrogens with zero attached hydrogens (tertiary/aromatic N) is 2. The SMILES string of the molecule is CCc1nn(C)cc1CN[C@@H](C)C(N)=O. The third-order valence-corrected chi connectivity index (χ3v) is 2.35. The average molecular weight is 210 g/mol. The number of aromatic nitrogens is 2. The van der Waals surface area contributed by atoms with Gasteiger partial charge in [0.15, 0.2) is 0 Å². The Morgan fingerprint density at radius 3 is 2.93 bits per heavy atom. The number of amides is 1. The lowest BCUT2D eigenvalue weighted by atomic mass is 10.2. The summed E-state index contributed by atoms with van der Waals surface area (Å²) in [5.74, 6) is -0.336. The third kappa shape index (κ3) is 3.06. The van der Waals surface area contributed by atoms with Crippen molar-refractivity contribution in [3.8, 4) is 0 Å². The van der Waals surface area contributed by atoms with E-state index in [9.17, 15) is 4.79 Å². The van der Waals surface area contributed by atoms with Crippen LogP contribution in [0, 0.1) is 0 Å². The number of carbonyl (C=O) groups excluding carboxylic acids is 1. The van der Waals surface area contributed by atoms with Gasteiger partial charge in [-0.2, -0.15) is 5.10 Å². The number of hydrogen-bond acceptors (Lipinski definition) is 3. The number of primary amides is 1. The Morgan fingerprint density at radius 2 is 2.40 bits per heavy atom. The first-order chi connectivity index (χ1) is 7.04. The van der Waals surface area contributed by atoms with Crippen molar-refractivity contribution in [2.75, 3.05) is 0 Å². The number of nitrogens with one attached hydrogen (secondary N) is 1. The monoisotopic (exact) mass is 210 g/mol. The second-order valence-electron chi connectivity index (χ2n) is 3.63. The molecule has 0 aliphatic carbocycles. The number of rotatable bonds is 5. The first-order valence-electron chi connectivity index (χ1n) is 5.08. The number of hydrogen-bond donors (Lipinski definition) is 2. The summed E-state index contributed by atoms with van der Waals surface area (Å²) in [4.78, 5) is 10.8. The molecule has 0 unspecified atom stereocenters. The molecular weight excluding hydrogens is 192 g/mol. The Balaban J connectivity index is 2.60. The zero-order valence-electron chi connectivity index (χ0n) is 9.45. The molecule has 0 bridgehead atoms. The van der Waals surface area contributed by atoms with Gasteiger partial charge >= 0.3 is 0 Å². The van der Waals surface area contributed by atoms with E-state index in [0.717, 1.165) is 17.7 Å². The molecule has 0 radical (unpaired) electrons. The van der Waals surface area contributed by atoms with Crippen molar-refractivity contribution in [2.24, 2.45) is 12.8 Å². The maximum Gasteiger partial charge on any atom is 0.234 e. The summed E-state index contributed by atoms with van der Waals surface area (Å²) in [6.45, 7) is 4.44. The lowest BCUT2D eigenvalue weighted by Gasteiger charge is -2.09. The van der Waals surface area contributed by atoms with Crippen LogP contribution in [0.4, 0.5) is 0 Å². The van der Waals surface area contributed by atoms with Crippen molar-refractivity contribution in [3.63, 3.8) is 0 Å². The average Bonchev–Trinajstić information content (AvgIpc) is 2.55. The van der Waals surface area contributed by atoms with E-state index < -0.39 is 0 Å². The van der Waals surface area contributed by atoms with Crippen LogP contribution in [-0.4, -0.2) is 21.7 Å². The zero-order chi connectivity index (χ0) is 11.4. The molecule has 0 saturated carbocycles. The molecular formula is C10H18N4O. The van der Waals surface area contributed by atoms with Gasteiger partial charge in [0, 0.05) is 25.4 Å². The fraction of sp³-hybridized carbons (Fsp3) is 0.600. The molecule has 1 rings (SSSR count). The van der Waals surface area contributed by atoms with E-state index in [1.807, 2.05) is 13.2 Å². The van der Waals surface area contributed by atoms with Crippen LogP contribution in [0.5, 0.6) is 0 Å². The predicted octanol–water partition coefficient (Wildman–Crippen LogP) is -0.0541. The van der Waals surface area contributed by atoms with Crippen LogP contribution in [-0.2, 0) is 24.8 Å². The highest BCUT2D eigenvalue weighted by atomic mass is 16.1. The molecule has 3 N–H and O–H groups in total. The maximum atomic E-state index is 10.8. The molecule has 1 heterocycles. The van der Waals surface area contributed by atoms with E-state index >= 15 is 0 Å². The molecule has 0 aliphatic heterocycles. The first-order valence-corrected chi connectivity index (χ1v) is 5.08. The summed E-state index contributed by atoms with van der Waals surface area (Å²) in [6.07, 6.45) is 2.85. The van der Waals surface area contributed by atoms with Crippen LogP contribution >= 0.6 is 0 Å². The molecule has 1 aromatic rings. The fourth-order valence-electron chi connectivity index (χ4n) is 1.39. The zero-order valence-corrected chi connectivity index (χ0v) is 9.45. The van der Waals surface area contributed by atoms with E-state index in [4.69, 9.17) is 5.73 Å².